The number of alkyl halides is 2. The predicted octanol–water partition coefficient (Wildman–Crippen LogP) is 4.10. The Morgan fingerprint density at radius 1 is 1.37 bits per heavy atom. The van der Waals surface area contributed by atoms with Crippen molar-refractivity contribution < 1.29 is 4.79 Å². The van der Waals surface area contributed by atoms with E-state index in [4.69, 9.17) is 23.2 Å². The van der Waals surface area contributed by atoms with E-state index in [-0.39, 0.29) is 5.91 Å². The number of amides is 1. The molecule has 1 atom stereocenters. The maximum atomic E-state index is 12.8. The summed E-state index contributed by atoms with van der Waals surface area (Å²) in [7, 11) is 0. The molecule has 1 unspecified atom stereocenters. The van der Waals surface area contributed by atoms with Crippen molar-refractivity contribution in [1.29, 1.82) is 0 Å². The fourth-order valence-electron chi connectivity index (χ4n) is 2.47. The number of carbonyl (C=O) groups excluding carboxylic acids is 1. The van der Waals surface area contributed by atoms with Crippen LogP contribution in [-0.4, -0.2) is 22.5 Å². The normalized spacial score (nSPS) is 28.5. The van der Waals surface area contributed by atoms with Gasteiger partial charge in [0, 0.05) is 11.4 Å². The van der Waals surface area contributed by atoms with Crippen LogP contribution < -0.4 is 4.90 Å². The van der Waals surface area contributed by atoms with Crippen molar-refractivity contribution in [3.63, 3.8) is 0 Å². The maximum absolute atomic E-state index is 12.8. The van der Waals surface area contributed by atoms with Crippen molar-refractivity contribution >= 4 is 46.6 Å². The van der Waals surface area contributed by atoms with Crippen molar-refractivity contribution in [2.45, 2.75) is 29.0 Å². The summed E-state index contributed by atoms with van der Waals surface area (Å²) in [6.45, 7) is 2.60. The van der Waals surface area contributed by atoms with Crippen molar-refractivity contribution in [3.8, 4) is 0 Å². The molecule has 1 heterocycles. The van der Waals surface area contributed by atoms with Gasteiger partial charge in [-0.2, -0.15) is 0 Å². The average molecular weight is 316 g/mol. The highest BCUT2D eigenvalue weighted by atomic mass is 35.5. The molecule has 102 valence electrons. The summed E-state index contributed by atoms with van der Waals surface area (Å²) >= 11 is 14.1. The van der Waals surface area contributed by atoms with Gasteiger partial charge >= 0.3 is 0 Å². The van der Waals surface area contributed by atoms with E-state index in [2.05, 4.69) is 6.07 Å². The van der Waals surface area contributed by atoms with E-state index in [1.54, 1.807) is 11.8 Å². The van der Waals surface area contributed by atoms with Gasteiger partial charge in [0.05, 0.1) is 11.1 Å². The Bertz CT molecular complexity index is 534. The van der Waals surface area contributed by atoms with E-state index in [0.29, 0.717) is 6.42 Å². The van der Waals surface area contributed by atoms with Crippen molar-refractivity contribution in [1.82, 2.24) is 0 Å². The Hall–Kier alpha value is -0.380. The number of rotatable bonds is 1. The fourth-order valence-corrected chi connectivity index (χ4v) is 4.16. The van der Waals surface area contributed by atoms with Gasteiger partial charge in [-0.15, -0.1) is 35.0 Å². The third kappa shape index (κ3) is 2.16. The number of thioether (sulfide) groups is 1. The van der Waals surface area contributed by atoms with Crippen molar-refractivity contribution in [2.24, 2.45) is 5.41 Å². The Labute approximate surface area is 127 Å². The molecule has 3 rings (SSSR count). The zero-order valence-electron chi connectivity index (χ0n) is 10.7. The molecule has 0 saturated heterocycles. The van der Waals surface area contributed by atoms with Crippen LogP contribution in [0.4, 0.5) is 5.69 Å². The average Bonchev–Trinajstić information content (AvgIpc) is 2.98. The summed E-state index contributed by atoms with van der Waals surface area (Å²) in [6, 6.07) is 8.04. The standard InChI is InChI=1S/C14H15Cl2NOS/c1-13(9-14(13,15)16)12(18)17-7-4-8-19-11-6-3-2-5-10(11)17/h2-3,5-6H,4,7-9H2,1H3. The molecule has 0 aromatic heterocycles. The molecule has 2 aliphatic rings. The monoisotopic (exact) mass is 315 g/mol. The minimum absolute atomic E-state index is 0.0486. The molecule has 1 amide bonds. The second-order valence-electron chi connectivity index (χ2n) is 5.34. The maximum Gasteiger partial charge on any atom is 0.236 e. The zero-order chi connectivity index (χ0) is 13.7. The molecule has 0 N–H and O–H groups in total. The van der Waals surface area contributed by atoms with E-state index < -0.39 is 9.75 Å². The van der Waals surface area contributed by atoms with E-state index in [1.807, 2.05) is 30.0 Å². The van der Waals surface area contributed by atoms with Gasteiger partial charge in [0.15, 0.2) is 0 Å². The molecule has 1 fully saturated rings. The number of carbonyl (C=O) groups is 1. The van der Waals surface area contributed by atoms with Crippen LogP contribution in [0, 0.1) is 5.41 Å². The lowest BCUT2D eigenvalue weighted by Crippen LogP contribution is -2.39. The molecule has 5 heteroatoms. The molecule has 0 bridgehead atoms. The van der Waals surface area contributed by atoms with Gasteiger partial charge in [0.2, 0.25) is 5.91 Å². The van der Waals surface area contributed by atoms with Crippen LogP contribution >= 0.6 is 35.0 Å². The molecule has 0 radical (unpaired) electrons. The highest BCUT2D eigenvalue weighted by Gasteiger charge is 2.68. The molecule has 1 aromatic carbocycles. The van der Waals surface area contributed by atoms with Crippen molar-refractivity contribution in [3.05, 3.63) is 24.3 Å². The second kappa shape index (κ2) is 4.57. The van der Waals surface area contributed by atoms with Crippen molar-refractivity contribution in [2.75, 3.05) is 17.2 Å². The number of hydrogen-bond acceptors (Lipinski definition) is 2. The Morgan fingerprint density at radius 2 is 2.05 bits per heavy atom. The van der Waals surface area contributed by atoms with Gasteiger partial charge in [0.1, 0.15) is 4.33 Å². The summed E-state index contributed by atoms with van der Waals surface area (Å²) < 4.78 is -0.904. The van der Waals surface area contributed by atoms with Gasteiger partial charge in [-0.05, 0) is 37.7 Å². The fraction of sp³-hybridized carbons (Fsp3) is 0.500. The quantitative estimate of drug-likeness (QED) is 0.727. The van der Waals surface area contributed by atoms with Gasteiger partial charge in [0.25, 0.3) is 0 Å². The lowest BCUT2D eigenvalue weighted by molar-refractivity contribution is -0.123. The summed E-state index contributed by atoms with van der Waals surface area (Å²) in [5.74, 6) is 1.08. The summed E-state index contributed by atoms with van der Waals surface area (Å²) in [5.41, 5.74) is 0.352. The van der Waals surface area contributed by atoms with Crippen LogP contribution in [-0.2, 0) is 4.79 Å². The van der Waals surface area contributed by atoms with Gasteiger partial charge in [-0.25, -0.2) is 0 Å². The predicted molar refractivity (Wildman–Crippen MR) is 81.3 cm³/mol. The van der Waals surface area contributed by atoms with Gasteiger partial charge in [-0.1, -0.05) is 12.1 Å². The number of nitrogens with zero attached hydrogens (tertiary/aromatic N) is 1. The van der Waals surface area contributed by atoms with Gasteiger partial charge < -0.3 is 4.90 Å². The summed E-state index contributed by atoms with van der Waals surface area (Å²) in [4.78, 5) is 15.8. The first kappa shape index (κ1) is 13.6. The Balaban J connectivity index is 1.95. The number of anilines is 1. The van der Waals surface area contributed by atoms with Crippen LogP contribution in [0.2, 0.25) is 0 Å². The smallest absolute Gasteiger partial charge is 0.236 e. The minimum Gasteiger partial charge on any atom is -0.311 e. The number of hydrogen-bond donors (Lipinski definition) is 0. The molecule has 2 nitrogen and oxygen atoms in total. The molecule has 1 aromatic rings. The third-order valence-corrected chi connectivity index (χ3v) is 6.17. The first-order chi connectivity index (χ1) is 8.96. The highest BCUT2D eigenvalue weighted by Crippen LogP contribution is 2.64. The zero-order valence-corrected chi connectivity index (χ0v) is 13.0. The molecular formula is C14H15Cl2NOS. The highest BCUT2D eigenvalue weighted by molar-refractivity contribution is 7.99. The SMILES string of the molecule is CC1(C(=O)N2CCCSc3ccccc32)CC1(Cl)Cl. The number of para-hydroxylation sites is 1. The number of fused-ring (bicyclic) bond motifs is 1. The van der Waals surface area contributed by atoms with E-state index >= 15 is 0 Å². The topological polar surface area (TPSA) is 20.3 Å². The number of benzene rings is 1. The molecular weight excluding hydrogens is 301 g/mol. The molecule has 0 spiro atoms. The third-order valence-electron chi connectivity index (χ3n) is 3.91. The summed E-state index contributed by atoms with van der Waals surface area (Å²) in [5, 5.41) is 0. The Kier molecular flexibility index (Phi) is 3.27. The first-order valence-electron chi connectivity index (χ1n) is 6.37. The van der Waals surface area contributed by atoms with Crippen LogP contribution in [0.5, 0.6) is 0 Å². The van der Waals surface area contributed by atoms with Gasteiger partial charge in [-0.3, -0.25) is 4.79 Å². The van der Waals surface area contributed by atoms with E-state index in [9.17, 15) is 4.79 Å². The van der Waals surface area contributed by atoms with Crippen LogP contribution in [0.15, 0.2) is 29.2 Å². The summed E-state index contributed by atoms with van der Waals surface area (Å²) in [6.07, 6.45) is 1.52. The lowest BCUT2D eigenvalue weighted by Gasteiger charge is -2.26. The first-order valence-corrected chi connectivity index (χ1v) is 8.11. The number of halogens is 2. The largest absolute Gasteiger partial charge is 0.311 e. The molecule has 19 heavy (non-hydrogen) atoms. The molecule has 1 saturated carbocycles. The van der Waals surface area contributed by atoms with E-state index in [0.717, 1.165) is 29.3 Å². The molecule has 1 aliphatic carbocycles. The van der Waals surface area contributed by atoms with Crippen LogP contribution in [0.25, 0.3) is 0 Å². The minimum atomic E-state index is -0.904. The second-order valence-corrected chi connectivity index (χ2v) is 7.96. The molecule has 1 aliphatic heterocycles. The van der Waals surface area contributed by atoms with Crippen LogP contribution in [0.1, 0.15) is 19.8 Å². The van der Waals surface area contributed by atoms with E-state index in [1.165, 1.54) is 0 Å². The lowest BCUT2D eigenvalue weighted by atomic mass is 10.1. The van der Waals surface area contributed by atoms with Crippen LogP contribution in [0.3, 0.4) is 0 Å². The Morgan fingerprint density at radius 3 is 2.74 bits per heavy atom.